The highest BCUT2D eigenvalue weighted by atomic mass is 16.3. The van der Waals surface area contributed by atoms with E-state index in [9.17, 15) is 0 Å². The molecule has 0 aliphatic heterocycles. The maximum atomic E-state index is 6.44. The highest BCUT2D eigenvalue weighted by Crippen LogP contribution is 2.58. The van der Waals surface area contributed by atoms with Gasteiger partial charge in [0, 0.05) is 0 Å². The van der Waals surface area contributed by atoms with E-state index in [1.807, 2.05) is 206 Å². The molecule has 6 N–H and O–H groups in total. The zero-order valence-electron chi connectivity index (χ0n) is 80.7. The summed E-state index contributed by atoms with van der Waals surface area (Å²) >= 11 is 0. The molecule has 6 heteroatoms. The van der Waals surface area contributed by atoms with Gasteiger partial charge in [-0.25, -0.2) is 0 Å². The Morgan fingerprint density at radius 3 is 0.562 bits per heavy atom. The van der Waals surface area contributed by atoms with Crippen molar-refractivity contribution >= 4 is 10.8 Å². The van der Waals surface area contributed by atoms with Gasteiger partial charge in [-0.15, -0.1) is 0 Å². The number of rotatable bonds is 11. The highest BCUT2D eigenvalue weighted by Gasteiger charge is 2.48. The van der Waals surface area contributed by atoms with Gasteiger partial charge in [0.2, 0.25) is 0 Å². The van der Waals surface area contributed by atoms with Crippen molar-refractivity contribution in [2.24, 2.45) is 29.6 Å². The zero-order chi connectivity index (χ0) is 90.1. The molecule has 0 aromatic heterocycles. The van der Waals surface area contributed by atoms with Crippen LogP contribution in [0.4, 0.5) is 0 Å². The Labute approximate surface area is 697 Å². The first-order valence-corrected chi connectivity index (χ1v) is 42.6. The lowest BCUT2D eigenvalue weighted by Crippen LogP contribution is -2.15. The summed E-state index contributed by atoms with van der Waals surface area (Å²) < 4.78 is 38.7. The third-order valence-electron chi connectivity index (χ3n) is 15.4. The number of fused-ring (bicyclic) bond motifs is 6. The van der Waals surface area contributed by atoms with Crippen molar-refractivity contribution in [3.05, 3.63) is 326 Å². The van der Waals surface area contributed by atoms with Crippen LogP contribution in [0.2, 0.25) is 0 Å². The third-order valence-corrected chi connectivity index (χ3v) is 15.4. The lowest BCUT2D eigenvalue weighted by Gasteiger charge is -2.23. The van der Waals surface area contributed by atoms with E-state index in [4.69, 9.17) is 8.59 Å². The van der Waals surface area contributed by atoms with Gasteiger partial charge in [0.15, 0.2) is 0 Å². The zero-order valence-corrected chi connectivity index (χ0v) is 74.7. The summed E-state index contributed by atoms with van der Waals surface area (Å²) in [5.74, 6) is 9.09. The molecule has 0 amide bonds. The van der Waals surface area contributed by atoms with Gasteiger partial charge in [-0.05, 0) is 204 Å². The number of benzene rings is 11. The summed E-state index contributed by atoms with van der Waals surface area (Å²) in [6.45, 7) is 51.7. The first-order valence-electron chi connectivity index (χ1n) is 45.0. The molecule has 0 radical (unpaired) electrons. The second kappa shape index (κ2) is 85.5. The molecule has 3 aliphatic carbocycles. The van der Waals surface area contributed by atoms with E-state index in [0.29, 0.717) is 34.5 Å². The first kappa shape index (κ1) is 100. The van der Waals surface area contributed by atoms with Crippen LogP contribution in [0.25, 0.3) is 21.9 Å². The van der Waals surface area contributed by atoms with Crippen molar-refractivity contribution in [3.8, 4) is 45.6 Å². The predicted octanol–water partition coefficient (Wildman–Crippen LogP) is 33.0. The maximum Gasteiger partial charge on any atom is 0.293 e. The number of phenolic OH excluding ortho intramolecular Hbond substituents is 6. The molecule has 4 atom stereocenters. The molecule has 620 valence electrons. The van der Waals surface area contributed by atoms with Crippen LogP contribution >= 0.6 is 0 Å². The van der Waals surface area contributed by atoms with Crippen LogP contribution in [0.15, 0.2) is 303 Å². The fourth-order valence-corrected chi connectivity index (χ4v) is 10.6. The van der Waals surface area contributed by atoms with Gasteiger partial charge >= 0.3 is 0 Å². The van der Waals surface area contributed by atoms with Crippen LogP contribution in [-0.4, -0.2) is 39.2 Å². The second-order valence-corrected chi connectivity index (χ2v) is 24.6. The lowest BCUT2D eigenvalue weighted by molar-refractivity contribution is 0.259. The van der Waals surface area contributed by atoms with Crippen molar-refractivity contribution in [2.75, 3.05) is 0 Å². The minimum Gasteiger partial charge on any atom is -0.508 e. The Morgan fingerprint density at radius 2 is 0.411 bits per heavy atom. The van der Waals surface area contributed by atoms with E-state index in [1.54, 1.807) is 111 Å². The molecule has 11 aromatic rings. The standard InChI is InChI=1S/C16H18.C10H16.C10H8.C10H14.6C6H6O.C4H10.2C3H8.7C2H6/c1-3-13-5-9-15(10-6-13)16-11-7-14(4-2)8-12-16;1-2-9-7-4-5-8(6-7)10(9)3-1;1-2-6-10-8-4-3-7-9(10)5-1;1-3-9-5-7-10(4-2)8-6-9;6*7-6-4-2-1-3-5-6;1-4(2)3;2*1-3-2;7*1-2/h5-12H,3-4H2,1-2H3;7-10H,1-6H2;1-8H;5-8H,3-4H2,1-2H3;6*1-5,7H;4H,1-3H3;2*3H2,1-2H3;7*1-2H3/i/hD6. The summed E-state index contributed by atoms with van der Waals surface area (Å²) in [4.78, 5) is 0. The van der Waals surface area contributed by atoms with Crippen molar-refractivity contribution in [1.29, 1.82) is 8.59 Å². The molecule has 3 saturated carbocycles. The molecule has 0 spiro atoms. The molecule has 11 aromatic carbocycles. The van der Waals surface area contributed by atoms with Crippen molar-refractivity contribution in [2.45, 2.75) is 250 Å². The van der Waals surface area contributed by atoms with Crippen molar-refractivity contribution in [3.63, 3.8) is 0 Å². The molecular formula is C106H160O6. The molecule has 3 fully saturated rings. The maximum absolute atomic E-state index is 6.44. The molecular weight excluding hydrogens is 1370 g/mol. The van der Waals surface area contributed by atoms with Crippen LogP contribution in [0.3, 0.4) is 0 Å². The number of hydrogen-bond donors (Lipinski definition) is 6. The molecule has 6 nitrogen and oxygen atoms in total. The summed E-state index contributed by atoms with van der Waals surface area (Å²) in [7, 11) is 0. The topological polar surface area (TPSA) is 121 Å². The van der Waals surface area contributed by atoms with Gasteiger partial charge in [-0.1, -0.05) is 423 Å². The van der Waals surface area contributed by atoms with Crippen molar-refractivity contribution < 1.29 is 30.7 Å². The smallest absolute Gasteiger partial charge is 0.293 e. The number of aryl methyl sites for hydroxylation is 4. The highest BCUT2D eigenvalue weighted by molar-refractivity contribution is 5.82. The Morgan fingerprint density at radius 1 is 0.250 bits per heavy atom. The van der Waals surface area contributed by atoms with Crippen LogP contribution in [0.5, 0.6) is 34.5 Å². The van der Waals surface area contributed by atoms with Crippen molar-refractivity contribution in [1.82, 2.24) is 0 Å². The van der Waals surface area contributed by atoms with Crippen LogP contribution in [0.1, 0.15) is 247 Å². The fourth-order valence-electron chi connectivity index (χ4n) is 10.6. The third kappa shape index (κ3) is 63.2. The van der Waals surface area contributed by atoms with Gasteiger partial charge in [0.1, 0.15) is 34.5 Å². The fraction of sp³-hybridized carbons (Fsp3) is 0.396. The molecule has 2 bridgehead atoms. The van der Waals surface area contributed by atoms with Crippen LogP contribution in [0, 0.1) is 29.6 Å². The molecule has 4 unspecified atom stereocenters. The second-order valence-electron chi connectivity index (χ2n) is 24.6. The van der Waals surface area contributed by atoms with Crippen LogP contribution in [-0.2, 0) is 25.7 Å². The normalized spacial score (nSPS) is 13.2. The van der Waals surface area contributed by atoms with Gasteiger partial charge in [0.05, 0.1) is 0 Å². The first-order chi connectivity index (χ1) is 57.8. The molecule has 0 saturated heterocycles. The van der Waals surface area contributed by atoms with E-state index < -0.39 is 0 Å². The quantitative estimate of drug-likeness (QED) is 0.0767. The number of hydrogen-bond acceptors (Lipinski definition) is 6. The van der Waals surface area contributed by atoms with Gasteiger partial charge in [-0.3, -0.25) is 0 Å². The van der Waals surface area contributed by atoms with E-state index in [-0.39, 0.29) is 0 Å². The summed E-state index contributed by atoms with van der Waals surface area (Å²) in [6, 6.07) is 97.1. The Bertz CT molecular complexity index is 3220. The average molecular weight is 1540 g/mol. The Hall–Kier alpha value is -9.52. The van der Waals surface area contributed by atoms with Gasteiger partial charge in [-0.2, -0.15) is 0 Å². The SMILES string of the molecule is C1CC2C3CCC(C3)C2C1.CC.CC.CC.CC.CC.CC.CC.CC(C)C.CCC.CCC.CCc1ccc(-c2ccc(CC)cc2)cc1.CCc1ccc(CC)cc1.[2H]Oc1ccccc1.[2H]Oc1ccccc1.[2H]Oc1ccccc1.[2H]Oc1ccccc1.[2H]Oc1ccccc1.[2H]Oc1ccccc1.c1ccc2ccccc2c1. The van der Waals surface area contributed by atoms with E-state index in [1.165, 1.54) is 80.7 Å². The lowest BCUT2D eigenvalue weighted by atomic mass is 9.82. The van der Waals surface area contributed by atoms with Crippen LogP contribution < -0.4 is 0 Å². The van der Waals surface area contributed by atoms with Gasteiger partial charge in [0.25, 0.3) is 8.59 Å². The van der Waals surface area contributed by atoms with E-state index in [0.717, 1.165) is 31.6 Å². The minimum absolute atomic E-state index is 0.576. The minimum atomic E-state index is 0.576. The number of para-hydroxylation sites is 6. The summed E-state index contributed by atoms with van der Waals surface area (Å²) in [5.41, 5.74) is 8.26. The van der Waals surface area contributed by atoms with E-state index >= 15 is 0 Å². The Kier molecular flexibility index (Phi) is 76.7. The molecule has 112 heavy (non-hydrogen) atoms. The molecule has 0 heterocycles. The largest absolute Gasteiger partial charge is 0.508 e. The monoisotopic (exact) mass is 1540 g/mol. The molecule has 3 aliphatic rings. The predicted molar refractivity (Wildman–Crippen MR) is 502 cm³/mol. The average Bonchev–Trinajstić information content (AvgIpc) is 1.62. The number of phenols is 6. The number of aromatic hydroxyl groups is 6. The molecule has 14 rings (SSSR count). The van der Waals surface area contributed by atoms with E-state index in [2.05, 4.69) is 228 Å². The Balaban J connectivity index is -0.000000288. The summed E-state index contributed by atoms with van der Waals surface area (Å²) in [6.07, 6.45) is 16.5. The van der Waals surface area contributed by atoms with Gasteiger partial charge < -0.3 is 30.7 Å². The summed E-state index contributed by atoms with van der Waals surface area (Å²) in [5, 5.41) is 27.6.